The zero-order valence-corrected chi connectivity index (χ0v) is 14.3. The smallest absolute Gasteiger partial charge is 0.339 e. The van der Waals surface area contributed by atoms with E-state index in [4.69, 9.17) is 9.47 Å². The van der Waals surface area contributed by atoms with Crippen LogP contribution in [0.3, 0.4) is 0 Å². The van der Waals surface area contributed by atoms with Gasteiger partial charge >= 0.3 is 5.97 Å². The van der Waals surface area contributed by atoms with E-state index in [0.29, 0.717) is 12.2 Å². The number of ether oxygens (including phenoxy) is 2. The first kappa shape index (κ1) is 17.0. The summed E-state index contributed by atoms with van der Waals surface area (Å²) in [4.78, 5) is 24.2. The zero-order chi connectivity index (χ0) is 17.8. The molecule has 1 aliphatic rings. The first-order valence-electron chi connectivity index (χ1n) is 8.40. The highest BCUT2D eigenvalue weighted by Gasteiger charge is 2.32. The minimum Gasteiger partial charge on any atom is -0.494 e. The van der Waals surface area contributed by atoms with Crippen LogP contribution in [0, 0.1) is 0 Å². The van der Waals surface area contributed by atoms with Crippen molar-refractivity contribution in [3.63, 3.8) is 0 Å². The lowest BCUT2D eigenvalue weighted by Gasteiger charge is -2.17. The van der Waals surface area contributed by atoms with Crippen molar-refractivity contribution in [1.82, 2.24) is 5.32 Å². The number of rotatable bonds is 6. The number of nitrogens with one attached hydrogen (secondary N) is 1. The Hall–Kier alpha value is -2.82. The van der Waals surface area contributed by atoms with Gasteiger partial charge in [-0.3, -0.25) is 4.79 Å². The molecule has 1 heterocycles. The fourth-order valence-electron chi connectivity index (χ4n) is 2.96. The third-order valence-corrected chi connectivity index (χ3v) is 4.19. The standard InChI is InChI=1S/C20H21NO4/c1-3-24-15-8-6-7-14(11-15)13(2)21-19(22)12-18-16-9-4-5-10-17(16)20(23)25-18/h4-11,13,18H,3,12H2,1-2H3,(H,21,22)/t13-,18-/m1/s1. The first-order valence-corrected chi connectivity index (χ1v) is 8.40. The fourth-order valence-corrected chi connectivity index (χ4v) is 2.96. The van der Waals surface area contributed by atoms with E-state index in [0.717, 1.165) is 16.9 Å². The normalized spacial score (nSPS) is 16.7. The van der Waals surface area contributed by atoms with Gasteiger partial charge in [0.25, 0.3) is 0 Å². The van der Waals surface area contributed by atoms with E-state index < -0.39 is 6.10 Å². The predicted octanol–water partition coefficient (Wildman–Crippen LogP) is 3.56. The number of amides is 1. The van der Waals surface area contributed by atoms with Crippen LogP contribution >= 0.6 is 0 Å². The second kappa shape index (κ2) is 7.38. The second-order valence-corrected chi connectivity index (χ2v) is 5.98. The average Bonchev–Trinajstić information content (AvgIpc) is 2.91. The van der Waals surface area contributed by atoms with Gasteiger partial charge in [0.05, 0.1) is 24.6 Å². The van der Waals surface area contributed by atoms with Crippen LogP contribution in [0.4, 0.5) is 0 Å². The van der Waals surface area contributed by atoms with E-state index >= 15 is 0 Å². The summed E-state index contributed by atoms with van der Waals surface area (Å²) < 4.78 is 10.8. The van der Waals surface area contributed by atoms with Crippen molar-refractivity contribution in [2.75, 3.05) is 6.61 Å². The molecule has 0 bridgehead atoms. The highest BCUT2D eigenvalue weighted by Crippen LogP contribution is 2.32. The molecule has 0 aliphatic carbocycles. The maximum absolute atomic E-state index is 12.4. The minimum atomic E-state index is -0.523. The Balaban J connectivity index is 1.63. The molecule has 2 aromatic rings. The maximum Gasteiger partial charge on any atom is 0.339 e. The summed E-state index contributed by atoms with van der Waals surface area (Å²) in [5.74, 6) is 0.245. The number of cyclic esters (lactones) is 1. The van der Waals surface area contributed by atoms with Crippen LogP contribution in [0.25, 0.3) is 0 Å². The fraction of sp³-hybridized carbons (Fsp3) is 0.300. The van der Waals surface area contributed by atoms with Gasteiger partial charge in [-0.15, -0.1) is 0 Å². The van der Waals surface area contributed by atoms with Crippen molar-refractivity contribution >= 4 is 11.9 Å². The molecule has 0 unspecified atom stereocenters. The average molecular weight is 339 g/mol. The van der Waals surface area contributed by atoms with Crippen molar-refractivity contribution in [2.45, 2.75) is 32.4 Å². The minimum absolute atomic E-state index is 0.109. The largest absolute Gasteiger partial charge is 0.494 e. The van der Waals surface area contributed by atoms with Crippen molar-refractivity contribution < 1.29 is 19.1 Å². The molecule has 2 atom stereocenters. The Labute approximate surface area is 147 Å². The highest BCUT2D eigenvalue weighted by molar-refractivity contribution is 5.94. The van der Waals surface area contributed by atoms with Gasteiger partial charge in [-0.1, -0.05) is 30.3 Å². The Bertz CT molecular complexity index is 787. The molecule has 5 heteroatoms. The summed E-state index contributed by atoms with van der Waals surface area (Å²) >= 11 is 0. The molecule has 0 aromatic heterocycles. The lowest BCUT2D eigenvalue weighted by atomic mass is 10.0. The predicted molar refractivity (Wildman–Crippen MR) is 93.4 cm³/mol. The molecule has 25 heavy (non-hydrogen) atoms. The van der Waals surface area contributed by atoms with Crippen molar-refractivity contribution in [2.24, 2.45) is 0 Å². The molecule has 5 nitrogen and oxygen atoms in total. The highest BCUT2D eigenvalue weighted by atomic mass is 16.5. The van der Waals surface area contributed by atoms with Crippen molar-refractivity contribution in [1.29, 1.82) is 0 Å². The summed E-state index contributed by atoms with van der Waals surface area (Å²) in [6.07, 6.45) is -0.413. The number of fused-ring (bicyclic) bond motifs is 1. The number of carbonyl (C=O) groups excluding carboxylic acids is 2. The SMILES string of the molecule is CCOc1cccc([C@@H](C)NC(=O)C[C@H]2OC(=O)c3ccccc32)c1. The van der Waals surface area contributed by atoms with Gasteiger partial charge in [-0.2, -0.15) is 0 Å². The topological polar surface area (TPSA) is 64.6 Å². The van der Waals surface area contributed by atoms with E-state index in [2.05, 4.69) is 5.32 Å². The summed E-state index contributed by atoms with van der Waals surface area (Å²) in [5.41, 5.74) is 2.27. The number of carbonyl (C=O) groups is 2. The van der Waals surface area contributed by atoms with Crippen molar-refractivity contribution in [3.05, 3.63) is 65.2 Å². The van der Waals surface area contributed by atoms with Gasteiger partial charge in [0.15, 0.2) is 0 Å². The molecule has 0 saturated heterocycles. The number of esters is 1. The van der Waals surface area contributed by atoms with Crippen molar-refractivity contribution in [3.8, 4) is 5.75 Å². The van der Waals surface area contributed by atoms with Gasteiger partial charge < -0.3 is 14.8 Å². The Kier molecular flexibility index (Phi) is 5.03. The zero-order valence-electron chi connectivity index (χ0n) is 14.3. The monoisotopic (exact) mass is 339 g/mol. The summed E-state index contributed by atoms with van der Waals surface area (Å²) in [6, 6.07) is 14.7. The molecule has 0 spiro atoms. The van der Waals surface area contributed by atoms with Gasteiger partial charge in [0.1, 0.15) is 11.9 Å². The van der Waals surface area contributed by atoms with Gasteiger partial charge in [0.2, 0.25) is 5.91 Å². The van der Waals surface area contributed by atoms with Crippen LogP contribution in [0.1, 0.15) is 53.9 Å². The molecule has 1 N–H and O–H groups in total. The van der Waals surface area contributed by atoms with E-state index in [-0.39, 0.29) is 24.3 Å². The summed E-state index contributed by atoms with van der Waals surface area (Å²) in [5, 5.41) is 2.95. The molecular weight excluding hydrogens is 318 g/mol. The summed E-state index contributed by atoms with van der Waals surface area (Å²) in [7, 11) is 0. The third-order valence-electron chi connectivity index (χ3n) is 4.19. The van der Waals surface area contributed by atoms with E-state index in [1.165, 1.54) is 0 Å². The quantitative estimate of drug-likeness (QED) is 0.817. The maximum atomic E-state index is 12.4. The molecule has 0 radical (unpaired) electrons. The lowest BCUT2D eigenvalue weighted by molar-refractivity contribution is -0.123. The van der Waals surface area contributed by atoms with Crippen LogP contribution in [-0.4, -0.2) is 18.5 Å². The summed E-state index contributed by atoms with van der Waals surface area (Å²) in [6.45, 7) is 4.44. The number of hydrogen-bond acceptors (Lipinski definition) is 4. The molecule has 130 valence electrons. The lowest BCUT2D eigenvalue weighted by Crippen LogP contribution is -2.28. The van der Waals surface area contributed by atoms with Crippen LogP contribution < -0.4 is 10.1 Å². The van der Waals surface area contributed by atoms with E-state index in [9.17, 15) is 9.59 Å². The van der Waals surface area contributed by atoms with Gasteiger partial charge in [-0.25, -0.2) is 4.79 Å². The van der Waals surface area contributed by atoms with Crippen LogP contribution in [0.5, 0.6) is 5.75 Å². The Morgan fingerprint density at radius 3 is 2.84 bits per heavy atom. The van der Waals surface area contributed by atoms with E-state index in [1.807, 2.05) is 50.2 Å². The van der Waals surface area contributed by atoms with Gasteiger partial charge in [0, 0.05) is 5.56 Å². The second-order valence-electron chi connectivity index (χ2n) is 5.98. The van der Waals surface area contributed by atoms with Gasteiger partial charge in [-0.05, 0) is 37.6 Å². The molecule has 0 fully saturated rings. The molecule has 0 saturated carbocycles. The van der Waals surface area contributed by atoms with Crippen LogP contribution in [0.2, 0.25) is 0 Å². The molecule has 1 amide bonds. The molecule has 1 aliphatic heterocycles. The molecule has 2 aromatic carbocycles. The third kappa shape index (κ3) is 3.82. The molecular formula is C20H21NO4. The molecule has 3 rings (SSSR count). The first-order chi connectivity index (χ1) is 12.1. The van der Waals surface area contributed by atoms with Crippen LogP contribution in [0.15, 0.2) is 48.5 Å². The Morgan fingerprint density at radius 1 is 1.24 bits per heavy atom. The van der Waals surface area contributed by atoms with E-state index in [1.54, 1.807) is 12.1 Å². The Morgan fingerprint density at radius 2 is 2.04 bits per heavy atom. The van der Waals surface area contributed by atoms with Crippen LogP contribution in [-0.2, 0) is 9.53 Å². The number of hydrogen-bond donors (Lipinski definition) is 1. The number of benzene rings is 2.